The van der Waals surface area contributed by atoms with E-state index < -0.39 is 0 Å². The number of nitrogens with zero attached hydrogens (tertiary/aromatic N) is 3. The van der Waals surface area contributed by atoms with Crippen molar-refractivity contribution >= 4 is 23.2 Å². The quantitative estimate of drug-likeness (QED) is 0.557. The lowest BCUT2D eigenvalue weighted by molar-refractivity contribution is -0.152. The van der Waals surface area contributed by atoms with Crippen LogP contribution in [0.1, 0.15) is 28.4 Å². The third-order valence-electron chi connectivity index (χ3n) is 4.91. The Morgan fingerprint density at radius 3 is 3.00 bits per heavy atom. The minimum absolute atomic E-state index is 0.0395. The van der Waals surface area contributed by atoms with Gasteiger partial charge >= 0.3 is 5.97 Å². The van der Waals surface area contributed by atoms with Crippen molar-refractivity contribution in [1.82, 2.24) is 15.0 Å². The molecule has 1 unspecified atom stereocenters. The standard InChI is InChI=1S/C21H21N3O5S/c1-27-16-7-2-5-14(11-16)19-22-18(29-23-19)13-28-21(26)15-6-3-9-24(12-15)20(25)17-8-4-10-30-17/h2,4-5,7-8,10-11,15H,3,6,9,12-13H2,1H3. The molecule has 156 valence electrons. The molecular weight excluding hydrogens is 406 g/mol. The van der Waals surface area contributed by atoms with E-state index in [2.05, 4.69) is 10.1 Å². The summed E-state index contributed by atoms with van der Waals surface area (Å²) in [5.41, 5.74) is 0.741. The van der Waals surface area contributed by atoms with Crippen LogP contribution in [-0.4, -0.2) is 47.1 Å². The predicted octanol–water partition coefficient (Wildman–Crippen LogP) is 3.40. The first-order valence-electron chi connectivity index (χ1n) is 9.60. The molecule has 0 aliphatic carbocycles. The summed E-state index contributed by atoms with van der Waals surface area (Å²) >= 11 is 1.40. The van der Waals surface area contributed by atoms with E-state index in [-0.39, 0.29) is 30.3 Å². The Hall–Kier alpha value is -3.20. The maximum absolute atomic E-state index is 12.5. The number of esters is 1. The van der Waals surface area contributed by atoms with Crippen molar-refractivity contribution in [2.24, 2.45) is 5.92 Å². The molecule has 1 aromatic carbocycles. The summed E-state index contributed by atoms with van der Waals surface area (Å²) in [6, 6.07) is 10.9. The fourth-order valence-electron chi connectivity index (χ4n) is 3.35. The Labute approximate surface area is 177 Å². The van der Waals surface area contributed by atoms with Crippen LogP contribution in [0.4, 0.5) is 0 Å². The third-order valence-corrected chi connectivity index (χ3v) is 5.77. The molecule has 30 heavy (non-hydrogen) atoms. The predicted molar refractivity (Wildman–Crippen MR) is 109 cm³/mol. The number of carbonyl (C=O) groups is 2. The van der Waals surface area contributed by atoms with Gasteiger partial charge in [0.15, 0.2) is 6.61 Å². The van der Waals surface area contributed by atoms with Gasteiger partial charge in [-0.1, -0.05) is 23.4 Å². The number of thiophene rings is 1. The number of hydrogen-bond donors (Lipinski definition) is 0. The van der Waals surface area contributed by atoms with Gasteiger partial charge in [0.1, 0.15) is 5.75 Å². The van der Waals surface area contributed by atoms with Crippen LogP contribution in [-0.2, 0) is 16.1 Å². The number of ether oxygens (including phenoxy) is 2. The van der Waals surface area contributed by atoms with Gasteiger partial charge in [0.2, 0.25) is 5.82 Å². The SMILES string of the molecule is COc1cccc(-c2noc(COC(=O)C3CCCN(C(=O)c4cccs4)C3)n2)c1. The zero-order valence-corrected chi connectivity index (χ0v) is 17.3. The molecule has 3 heterocycles. The molecular formula is C21H21N3O5S. The Morgan fingerprint density at radius 2 is 2.20 bits per heavy atom. The van der Waals surface area contributed by atoms with E-state index in [4.69, 9.17) is 14.0 Å². The minimum atomic E-state index is -0.361. The molecule has 9 heteroatoms. The fraction of sp³-hybridized carbons (Fsp3) is 0.333. The summed E-state index contributed by atoms with van der Waals surface area (Å²) in [4.78, 5) is 31.7. The molecule has 8 nitrogen and oxygen atoms in total. The van der Waals surface area contributed by atoms with Crippen molar-refractivity contribution in [2.45, 2.75) is 19.4 Å². The van der Waals surface area contributed by atoms with E-state index in [9.17, 15) is 9.59 Å². The van der Waals surface area contributed by atoms with Gasteiger partial charge in [0.05, 0.1) is 17.9 Å². The van der Waals surface area contributed by atoms with Crippen molar-refractivity contribution in [2.75, 3.05) is 20.2 Å². The number of amides is 1. The van der Waals surface area contributed by atoms with E-state index in [1.54, 1.807) is 24.1 Å². The minimum Gasteiger partial charge on any atom is -0.497 e. The topological polar surface area (TPSA) is 94.8 Å². The van der Waals surface area contributed by atoms with E-state index in [1.807, 2.05) is 29.6 Å². The number of piperidine rings is 1. The lowest BCUT2D eigenvalue weighted by Gasteiger charge is -2.31. The second-order valence-electron chi connectivity index (χ2n) is 6.92. The summed E-state index contributed by atoms with van der Waals surface area (Å²) in [7, 11) is 1.58. The Balaban J connectivity index is 1.33. The molecule has 1 saturated heterocycles. The van der Waals surface area contributed by atoms with Crippen LogP contribution in [0.5, 0.6) is 5.75 Å². The summed E-state index contributed by atoms with van der Waals surface area (Å²) in [6.07, 6.45) is 1.45. The van der Waals surface area contributed by atoms with Gasteiger partial charge in [-0.2, -0.15) is 4.98 Å². The van der Waals surface area contributed by atoms with Gasteiger partial charge in [-0.05, 0) is 36.4 Å². The molecule has 3 aromatic rings. The van der Waals surface area contributed by atoms with E-state index in [1.165, 1.54) is 11.3 Å². The number of hydrogen-bond acceptors (Lipinski definition) is 8. The maximum Gasteiger partial charge on any atom is 0.311 e. The van der Waals surface area contributed by atoms with Gasteiger partial charge in [-0.15, -0.1) is 11.3 Å². The van der Waals surface area contributed by atoms with Crippen LogP contribution in [0.2, 0.25) is 0 Å². The highest BCUT2D eigenvalue weighted by Gasteiger charge is 2.30. The molecule has 2 aromatic heterocycles. The van der Waals surface area contributed by atoms with Gasteiger partial charge in [0.25, 0.3) is 11.8 Å². The molecule has 1 amide bonds. The van der Waals surface area contributed by atoms with Gasteiger partial charge < -0.3 is 18.9 Å². The second kappa shape index (κ2) is 9.08. The van der Waals surface area contributed by atoms with Crippen molar-refractivity contribution in [3.63, 3.8) is 0 Å². The molecule has 1 atom stereocenters. The lowest BCUT2D eigenvalue weighted by Crippen LogP contribution is -2.42. The molecule has 4 rings (SSSR count). The molecule has 1 fully saturated rings. The van der Waals surface area contributed by atoms with Crippen molar-refractivity contribution in [3.8, 4) is 17.1 Å². The van der Waals surface area contributed by atoms with Crippen molar-refractivity contribution < 1.29 is 23.6 Å². The van der Waals surface area contributed by atoms with E-state index >= 15 is 0 Å². The van der Waals surface area contributed by atoms with Crippen molar-refractivity contribution in [1.29, 1.82) is 0 Å². The number of methoxy groups -OCH3 is 1. The molecule has 0 saturated carbocycles. The lowest BCUT2D eigenvalue weighted by atomic mass is 9.98. The van der Waals surface area contributed by atoms with E-state index in [0.29, 0.717) is 36.0 Å². The Kier molecular flexibility index (Phi) is 6.08. The largest absolute Gasteiger partial charge is 0.497 e. The fourth-order valence-corrected chi connectivity index (χ4v) is 4.04. The first kappa shape index (κ1) is 20.1. The summed E-state index contributed by atoms with van der Waals surface area (Å²) < 4.78 is 15.8. The molecule has 0 radical (unpaired) electrons. The molecule has 0 spiro atoms. The summed E-state index contributed by atoms with van der Waals surface area (Å²) in [5.74, 6) is 0.531. The van der Waals surface area contributed by atoms with Crippen LogP contribution in [0, 0.1) is 5.92 Å². The molecule has 0 N–H and O–H groups in total. The highest BCUT2D eigenvalue weighted by Crippen LogP contribution is 2.23. The van der Waals surface area contributed by atoms with Gasteiger partial charge in [0, 0.05) is 18.7 Å². The maximum atomic E-state index is 12.5. The van der Waals surface area contributed by atoms with E-state index in [0.717, 1.165) is 12.0 Å². The number of likely N-dealkylation sites (tertiary alicyclic amines) is 1. The van der Waals surface area contributed by atoms with Crippen LogP contribution in [0.3, 0.4) is 0 Å². The molecule has 1 aliphatic rings. The number of carbonyl (C=O) groups excluding carboxylic acids is 2. The number of benzene rings is 1. The summed E-state index contributed by atoms with van der Waals surface area (Å²) in [5, 5.41) is 5.80. The first-order valence-corrected chi connectivity index (χ1v) is 10.5. The zero-order valence-electron chi connectivity index (χ0n) is 16.4. The molecule has 1 aliphatic heterocycles. The Morgan fingerprint density at radius 1 is 1.30 bits per heavy atom. The highest BCUT2D eigenvalue weighted by atomic mass is 32.1. The van der Waals surface area contributed by atoms with Crippen LogP contribution < -0.4 is 4.74 Å². The number of rotatable bonds is 6. The molecule has 0 bridgehead atoms. The number of aromatic nitrogens is 2. The monoisotopic (exact) mass is 427 g/mol. The van der Waals surface area contributed by atoms with Gasteiger partial charge in [-0.3, -0.25) is 9.59 Å². The third kappa shape index (κ3) is 4.51. The average Bonchev–Trinajstić information content (AvgIpc) is 3.49. The zero-order chi connectivity index (χ0) is 20.9. The first-order chi connectivity index (χ1) is 14.6. The highest BCUT2D eigenvalue weighted by molar-refractivity contribution is 7.12. The van der Waals surface area contributed by atoms with Crippen molar-refractivity contribution in [3.05, 3.63) is 52.5 Å². The van der Waals surface area contributed by atoms with Crippen LogP contribution in [0.15, 0.2) is 46.3 Å². The normalized spacial score (nSPS) is 16.3. The van der Waals surface area contributed by atoms with Gasteiger partial charge in [-0.25, -0.2) is 0 Å². The van der Waals surface area contributed by atoms with Crippen LogP contribution >= 0.6 is 11.3 Å². The second-order valence-corrected chi connectivity index (χ2v) is 7.87. The average molecular weight is 427 g/mol. The summed E-state index contributed by atoms with van der Waals surface area (Å²) in [6.45, 7) is 0.897. The smallest absolute Gasteiger partial charge is 0.311 e. The van der Waals surface area contributed by atoms with Crippen LogP contribution in [0.25, 0.3) is 11.4 Å². The Bertz CT molecular complexity index is 1020.